The molecule has 0 saturated carbocycles. The molecule has 0 spiro atoms. The predicted molar refractivity (Wildman–Crippen MR) is 126 cm³/mol. The minimum Gasteiger partial charge on any atom is -0.475 e. The zero-order valence-corrected chi connectivity index (χ0v) is 18.0. The largest absolute Gasteiger partial charge is 0.475 e. The molecule has 31 heavy (non-hydrogen) atoms. The molecular weight excluding hydrogens is 384 g/mol. The summed E-state index contributed by atoms with van der Waals surface area (Å²) in [6.07, 6.45) is 7.94. The Morgan fingerprint density at radius 1 is 1.03 bits per heavy atom. The Labute approximate surface area is 183 Å². The summed E-state index contributed by atoms with van der Waals surface area (Å²) >= 11 is 0. The lowest BCUT2D eigenvalue weighted by atomic mass is 9.94. The first kappa shape index (κ1) is 19.7. The molecule has 3 aromatic carbocycles. The summed E-state index contributed by atoms with van der Waals surface area (Å²) in [6, 6.07) is 21.2. The van der Waals surface area contributed by atoms with Gasteiger partial charge < -0.3 is 14.2 Å². The third kappa shape index (κ3) is 4.58. The quantitative estimate of drug-likeness (QED) is 0.365. The van der Waals surface area contributed by atoms with Crippen molar-refractivity contribution in [3.63, 3.8) is 0 Å². The number of hydrogen-bond acceptors (Lipinski definition) is 4. The van der Waals surface area contributed by atoms with Gasteiger partial charge in [0.1, 0.15) is 0 Å². The first-order valence-corrected chi connectivity index (χ1v) is 11.1. The third-order valence-electron chi connectivity index (χ3n) is 6.26. The number of aryl methyl sites for hydroxylation is 1. The number of likely N-dealkylation sites (tertiary alicyclic amines) is 1. The molecule has 0 unspecified atom stereocenters. The van der Waals surface area contributed by atoms with E-state index >= 15 is 0 Å². The lowest BCUT2D eigenvalue weighted by Crippen LogP contribution is -2.30. The maximum Gasteiger partial charge on any atom is 0.262 e. The fraction of sp³-hybridized carbons (Fsp3) is 0.296. The van der Waals surface area contributed by atoms with Crippen LogP contribution in [0.2, 0.25) is 0 Å². The maximum atomic E-state index is 5.95. The van der Waals surface area contributed by atoms with Crippen LogP contribution in [0.15, 0.2) is 71.4 Å². The highest BCUT2D eigenvalue weighted by Gasteiger charge is 2.18. The van der Waals surface area contributed by atoms with Gasteiger partial charge in [0.25, 0.3) is 5.88 Å². The molecule has 0 bridgehead atoms. The first-order valence-electron chi connectivity index (χ1n) is 11.1. The second kappa shape index (κ2) is 8.84. The minimum absolute atomic E-state index is 0.620. The van der Waals surface area contributed by atoms with Gasteiger partial charge in [-0.1, -0.05) is 48.0 Å². The molecule has 4 heteroatoms. The van der Waals surface area contributed by atoms with Crippen molar-refractivity contribution in [2.24, 2.45) is 5.92 Å². The van der Waals surface area contributed by atoms with Crippen LogP contribution in [-0.2, 0) is 0 Å². The number of piperidine rings is 1. The van der Waals surface area contributed by atoms with Crippen molar-refractivity contribution >= 4 is 27.8 Å². The molecule has 1 aliphatic rings. The summed E-state index contributed by atoms with van der Waals surface area (Å²) in [5.41, 5.74) is 3.22. The molecule has 0 aliphatic carbocycles. The van der Waals surface area contributed by atoms with Crippen molar-refractivity contribution < 1.29 is 9.26 Å². The summed E-state index contributed by atoms with van der Waals surface area (Å²) in [7, 11) is 0. The summed E-state index contributed by atoms with van der Waals surface area (Å²) in [5, 5.41) is 7.63. The second-order valence-electron chi connectivity index (χ2n) is 8.53. The molecule has 158 valence electrons. The van der Waals surface area contributed by atoms with Crippen molar-refractivity contribution in [2.45, 2.75) is 26.2 Å². The van der Waals surface area contributed by atoms with Gasteiger partial charge in [0, 0.05) is 13.1 Å². The van der Waals surface area contributed by atoms with E-state index in [9.17, 15) is 0 Å². The number of aromatic nitrogens is 1. The van der Waals surface area contributed by atoms with Gasteiger partial charge in [0.15, 0.2) is 5.58 Å². The van der Waals surface area contributed by atoms with Gasteiger partial charge in [-0.25, -0.2) is 0 Å². The van der Waals surface area contributed by atoms with Gasteiger partial charge in [0.2, 0.25) is 0 Å². The van der Waals surface area contributed by atoms with Gasteiger partial charge in [-0.05, 0) is 84.1 Å². The smallest absolute Gasteiger partial charge is 0.262 e. The van der Waals surface area contributed by atoms with Gasteiger partial charge in [0.05, 0.1) is 12.0 Å². The average Bonchev–Trinajstić information content (AvgIpc) is 3.20. The average molecular weight is 413 g/mol. The van der Waals surface area contributed by atoms with Crippen LogP contribution in [0, 0.1) is 12.8 Å². The van der Waals surface area contributed by atoms with Gasteiger partial charge >= 0.3 is 0 Å². The lowest BCUT2D eigenvalue weighted by Gasteiger charge is -2.31. The Hall–Kier alpha value is -3.27. The molecule has 4 nitrogen and oxygen atoms in total. The van der Waals surface area contributed by atoms with E-state index in [1.807, 2.05) is 12.1 Å². The van der Waals surface area contributed by atoms with E-state index in [-0.39, 0.29) is 0 Å². The molecule has 2 heterocycles. The number of benzene rings is 3. The van der Waals surface area contributed by atoms with E-state index in [2.05, 4.69) is 77.8 Å². The molecule has 5 rings (SSSR count). The third-order valence-corrected chi connectivity index (χ3v) is 6.26. The Bertz CT molecular complexity index is 1200. The van der Waals surface area contributed by atoms with Crippen molar-refractivity contribution in [2.75, 3.05) is 19.7 Å². The lowest BCUT2D eigenvalue weighted by molar-refractivity contribution is 0.197. The summed E-state index contributed by atoms with van der Waals surface area (Å²) in [4.78, 5) is 2.43. The fourth-order valence-corrected chi connectivity index (χ4v) is 4.35. The number of ether oxygens (including phenoxy) is 1. The van der Waals surface area contributed by atoms with E-state index in [0.29, 0.717) is 18.4 Å². The van der Waals surface area contributed by atoms with Gasteiger partial charge in [-0.3, -0.25) is 0 Å². The summed E-state index contributed by atoms with van der Waals surface area (Å²) in [6.45, 7) is 4.95. The molecule has 0 amide bonds. The maximum absolute atomic E-state index is 5.95. The zero-order valence-electron chi connectivity index (χ0n) is 18.0. The SMILES string of the molecule is Cc1ccc2onc(OCCC3CCN(/C=C/c4ccc5ccccc5c4)CC3)c2c1. The fourth-order valence-electron chi connectivity index (χ4n) is 4.35. The Morgan fingerprint density at radius 2 is 1.87 bits per heavy atom. The molecule has 0 radical (unpaired) electrons. The Morgan fingerprint density at radius 3 is 2.74 bits per heavy atom. The van der Waals surface area contributed by atoms with E-state index in [4.69, 9.17) is 9.26 Å². The van der Waals surface area contributed by atoms with Crippen molar-refractivity contribution in [3.8, 4) is 5.88 Å². The van der Waals surface area contributed by atoms with E-state index in [1.165, 1.54) is 34.7 Å². The summed E-state index contributed by atoms with van der Waals surface area (Å²) < 4.78 is 11.3. The number of nitrogens with zero attached hydrogens (tertiary/aromatic N) is 2. The van der Waals surface area contributed by atoms with E-state index < -0.39 is 0 Å². The van der Waals surface area contributed by atoms with Crippen LogP contribution in [0.1, 0.15) is 30.4 Å². The molecule has 4 aromatic rings. The Balaban J connectivity index is 1.10. The number of fused-ring (bicyclic) bond motifs is 2. The topological polar surface area (TPSA) is 38.5 Å². The Kier molecular flexibility index (Phi) is 5.61. The zero-order chi connectivity index (χ0) is 21.0. The molecule has 1 aromatic heterocycles. The van der Waals surface area contributed by atoms with Crippen molar-refractivity contribution in [3.05, 3.63) is 78.0 Å². The van der Waals surface area contributed by atoms with Crippen LogP contribution in [0.3, 0.4) is 0 Å². The normalized spacial score (nSPS) is 15.3. The van der Waals surface area contributed by atoms with Crippen LogP contribution in [0.5, 0.6) is 5.88 Å². The van der Waals surface area contributed by atoms with E-state index in [0.717, 1.165) is 30.5 Å². The first-order chi connectivity index (χ1) is 15.2. The highest BCUT2D eigenvalue weighted by atomic mass is 16.5. The van der Waals surface area contributed by atoms with Crippen LogP contribution < -0.4 is 4.74 Å². The molecular formula is C27H28N2O2. The second-order valence-corrected chi connectivity index (χ2v) is 8.53. The number of hydrogen-bond donors (Lipinski definition) is 0. The van der Waals surface area contributed by atoms with Gasteiger partial charge in [-0.2, -0.15) is 0 Å². The van der Waals surface area contributed by atoms with Crippen molar-refractivity contribution in [1.82, 2.24) is 10.1 Å². The number of rotatable bonds is 6. The molecule has 1 fully saturated rings. The standard InChI is InChI=1S/C27H28N2O2/c1-20-6-9-26-25(18-20)27(28-31-26)30-17-13-21-10-14-29(15-11-21)16-12-22-7-8-23-4-2-3-5-24(23)19-22/h2-9,12,16,18-19,21H,10-11,13-15,17H2,1H3/b16-12+. The molecule has 0 N–H and O–H groups in total. The van der Waals surface area contributed by atoms with Crippen LogP contribution in [0.25, 0.3) is 27.8 Å². The monoisotopic (exact) mass is 412 g/mol. The van der Waals surface area contributed by atoms with Gasteiger partial charge in [-0.15, -0.1) is 0 Å². The van der Waals surface area contributed by atoms with E-state index in [1.54, 1.807) is 0 Å². The summed E-state index contributed by atoms with van der Waals surface area (Å²) in [5.74, 6) is 1.32. The minimum atomic E-state index is 0.620. The van der Waals surface area contributed by atoms with Crippen LogP contribution in [0.4, 0.5) is 0 Å². The van der Waals surface area contributed by atoms with Crippen LogP contribution >= 0.6 is 0 Å². The predicted octanol–water partition coefficient (Wildman–Crippen LogP) is 6.44. The highest BCUT2D eigenvalue weighted by molar-refractivity contribution is 5.84. The van der Waals surface area contributed by atoms with Crippen molar-refractivity contribution in [1.29, 1.82) is 0 Å². The molecule has 0 atom stereocenters. The van der Waals surface area contributed by atoms with Crippen LogP contribution in [-0.4, -0.2) is 29.8 Å². The molecule has 1 aliphatic heterocycles. The highest BCUT2D eigenvalue weighted by Crippen LogP contribution is 2.27. The molecule has 1 saturated heterocycles.